The van der Waals surface area contributed by atoms with E-state index in [1.807, 2.05) is 19.9 Å². The topological polar surface area (TPSA) is 92.4 Å². The van der Waals surface area contributed by atoms with Crippen LogP contribution in [-0.4, -0.2) is 22.1 Å². The van der Waals surface area contributed by atoms with Gasteiger partial charge in [-0.25, -0.2) is 4.79 Å². The summed E-state index contributed by atoms with van der Waals surface area (Å²) in [6.07, 6.45) is 2.10. The minimum Gasteiger partial charge on any atom is -0.479 e. The van der Waals surface area contributed by atoms with Gasteiger partial charge in [0, 0.05) is 12.0 Å². The Morgan fingerprint density at radius 2 is 2.00 bits per heavy atom. The third-order valence-electron chi connectivity index (χ3n) is 4.13. The van der Waals surface area contributed by atoms with Gasteiger partial charge in [0.25, 0.3) is 5.91 Å². The molecular formula is C17H18N2O4. The zero-order valence-corrected chi connectivity index (χ0v) is 13.0. The first-order valence-electron chi connectivity index (χ1n) is 7.53. The van der Waals surface area contributed by atoms with Gasteiger partial charge in [0.15, 0.2) is 6.04 Å². The number of carbonyl (C=O) groups is 2. The molecule has 1 aliphatic rings. The van der Waals surface area contributed by atoms with Gasteiger partial charge in [0.1, 0.15) is 0 Å². The van der Waals surface area contributed by atoms with Gasteiger partial charge in [-0.15, -0.1) is 0 Å². The number of amides is 1. The van der Waals surface area contributed by atoms with Crippen molar-refractivity contribution in [3.63, 3.8) is 0 Å². The van der Waals surface area contributed by atoms with Gasteiger partial charge < -0.3 is 14.9 Å². The second-order valence-electron chi connectivity index (χ2n) is 5.98. The number of hydrogen-bond acceptors (Lipinski definition) is 4. The number of carbonyl (C=O) groups excluding carboxylic acids is 1. The maximum atomic E-state index is 12.2. The van der Waals surface area contributed by atoms with E-state index in [1.54, 1.807) is 18.2 Å². The first kappa shape index (κ1) is 15.3. The molecule has 2 aromatic rings. The number of carboxylic acid groups (broad SMARTS) is 1. The average molecular weight is 314 g/mol. The lowest BCUT2D eigenvalue weighted by Crippen LogP contribution is -2.33. The fraction of sp³-hybridized carbons (Fsp3) is 0.353. The van der Waals surface area contributed by atoms with Crippen molar-refractivity contribution in [3.8, 4) is 0 Å². The zero-order valence-electron chi connectivity index (χ0n) is 13.0. The minimum atomic E-state index is -1.13. The van der Waals surface area contributed by atoms with Gasteiger partial charge >= 0.3 is 5.97 Å². The van der Waals surface area contributed by atoms with Crippen LogP contribution in [0.1, 0.15) is 57.7 Å². The van der Waals surface area contributed by atoms with Crippen LogP contribution < -0.4 is 5.32 Å². The maximum absolute atomic E-state index is 12.2. The third kappa shape index (κ3) is 3.26. The van der Waals surface area contributed by atoms with E-state index in [0.29, 0.717) is 11.5 Å². The number of aliphatic carboxylic acids is 1. The second-order valence-corrected chi connectivity index (χ2v) is 5.98. The molecule has 120 valence electrons. The first-order chi connectivity index (χ1) is 11.0. The van der Waals surface area contributed by atoms with Crippen molar-refractivity contribution in [2.24, 2.45) is 0 Å². The molecule has 6 heteroatoms. The number of carboxylic acids is 1. The van der Waals surface area contributed by atoms with E-state index >= 15 is 0 Å². The smallest absolute Gasteiger partial charge is 0.330 e. The number of rotatable bonds is 5. The maximum Gasteiger partial charge on any atom is 0.330 e. The third-order valence-corrected chi connectivity index (χ3v) is 4.13. The molecule has 1 saturated carbocycles. The lowest BCUT2D eigenvalue weighted by molar-refractivity contribution is -0.139. The molecule has 6 nitrogen and oxygen atoms in total. The normalized spacial score (nSPS) is 15.2. The van der Waals surface area contributed by atoms with Gasteiger partial charge in [-0.1, -0.05) is 23.4 Å². The van der Waals surface area contributed by atoms with E-state index in [1.165, 1.54) is 0 Å². The summed E-state index contributed by atoms with van der Waals surface area (Å²) in [5, 5.41) is 15.8. The van der Waals surface area contributed by atoms with Gasteiger partial charge in [-0.05, 0) is 43.4 Å². The largest absolute Gasteiger partial charge is 0.479 e. The molecule has 1 fully saturated rings. The van der Waals surface area contributed by atoms with Crippen molar-refractivity contribution in [3.05, 3.63) is 52.4 Å². The SMILES string of the molecule is Cc1ccc(C(NC(=O)c2cc(C3CC3)no2)C(=O)O)cc1C. The predicted octanol–water partition coefficient (Wildman–Crippen LogP) is 2.72. The fourth-order valence-electron chi connectivity index (χ4n) is 2.40. The Hall–Kier alpha value is -2.63. The summed E-state index contributed by atoms with van der Waals surface area (Å²) in [4.78, 5) is 23.8. The highest BCUT2D eigenvalue weighted by Crippen LogP contribution is 2.39. The van der Waals surface area contributed by atoms with E-state index in [-0.39, 0.29) is 5.76 Å². The number of hydrogen-bond donors (Lipinski definition) is 2. The molecule has 1 heterocycles. The van der Waals surface area contributed by atoms with Crippen LogP contribution in [0.25, 0.3) is 0 Å². The van der Waals surface area contributed by atoms with Crippen LogP contribution in [0.15, 0.2) is 28.8 Å². The minimum absolute atomic E-state index is 0.0435. The molecule has 2 N–H and O–H groups in total. The number of nitrogens with one attached hydrogen (secondary N) is 1. The van der Waals surface area contributed by atoms with E-state index in [2.05, 4.69) is 10.5 Å². The number of benzene rings is 1. The molecule has 0 radical (unpaired) electrons. The van der Waals surface area contributed by atoms with E-state index in [4.69, 9.17) is 4.52 Å². The van der Waals surface area contributed by atoms with Crippen LogP contribution in [0.2, 0.25) is 0 Å². The molecule has 23 heavy (non-hydrogen) atoms. The van der Waals surface area contributed by atoms with Crippen LogP contribution in [0.5, 0.6) is 0 Å². The zero-order chi connectivity index (χ0) is 16.6. The number of nitrogens with zero attached hydrogens (tertiary/aromatic N) is 1. The molecule has 1 amide bonds. The fourth-order valence-corrected chi connectivity index (χ4v) is 2.40. The Bertz CT molecular complexity index is 762. The van der Waals surface area contributed by atoms with Crippen LogP contribution >= 0.6 is 0 Å². The predicted molar refractivity (Wildman–Crippen MR) is 82.2 cm³/mol. The van der Waals surface area contributed by atoms with Crippen molar-refractivity contribution >= 4 is 11.9 Å². The quantitative estimate of drug-likeness (QED) is 0.885. The molecule has 1 aromatic carbocycles. The van der Waals surface area contributed by atoms with Gasteiger partial charge in [-0.2, -0.15) is 0 Å². The molecule has 1 unspecified atom stereocenters. The molecule has 0 spiro atoms. The highest BCUT2D eigenvalue weighted by Gasteiger charge is 2.29. The van der Waals surface area contributed by atoms with Crippen molar-refractivity contribution in [1.82, 2.24) is 10.5 Å². The Labute approximate surface area is 133 Å². The van der Waals surface area contributed by atoms with E-state index < -0.39 is 17.9 Å². The molecule has 1 aliphatic carbocycles. The van der Waals surface area contributed by atoms with Crippen molar-refractivity contribution in [1.29, 1.82) is 0 Å². The lowest BCUT2D eigenvalue weighted by atomic mass is 10.0. The average Bonchev–Trinajstić information content (AvgIpc) is 3.24. The summed E-state index contributed by atoms with van der Waals surface area (Å²) in [7, 11) is 0. The van der Waals surface area contributed by atoms with Gasteiger partial charge in [-0.3, -0.25) is 4.79 Å². The second kappa shape index (κ2) is 5.87. The highest BCUT2D eigenvalue weighted by molar-refractivity contribution is 5.94. The van der Waals surface area contributed by atoms with Crippen LogP contribution in [-0.2, 0) is 4.79 Å². The van der Waals surface area contributed by atoms with Crippen molar-refractivity contribution < 1.29 is 19.2 Å². The van der Waals surface area contributed by atoms with Crippen LogP contribution in [0.4, 0.5) is 0 Å². The van der Waals surface area contributed by atoms with Crippen molar-refractivity contribution in [2.45, 2.75) is 38.6 Å². The monoisotopic (exact) mass is 314 g/mol. The molecule has 3 rings (SSSR count). The first-order valence-corrected chi connectivity index (χ1v) is 7.53. The summed E-state index contributed by atoms with van der Waals surface area (Å²) < 4.78 is 5.03. The van der Waals surface area contributed by atoms with Gasteiger partial charge in [0.05, 0.1) is 5.69 Å². The summed E-state index contributed by atoms with van der Waals surface area (Å²) >= 11 is 0. The molecule has 0 bridgehead atoms. The summed E-state index contributed by atoms with van der Waals surface area (Å²) in [6, 6.07) is 5.77. The van der Waals surface area contributed by atoms with Gasteiger partial charge in [0.2, 0.25) is 5.76 Å². The van der Waals surface area contributed by atoms with Crippen LogP contribution in [0.3, 0.4) is 0 Å². The standard InChI is InChI=1S/C17H18N2O4/c1-9-3-4-12(7-10(9)2)15(17(21)22)18-16(20)14-8-13(19-23-14)11-5-6-11/h3-4,7-8,11,15H,5-6H2,1-2H3,(H,18,20)(H,21,22). The summed E-state index contributed by atoms with van der Waals surface area (Å²) in [6.45, 7) is 3.85. The number of aromatic nitrogens is 1. The Balaban J connectivity index is 1.79. The van der Waals surface area contributed by atoms with E-state index in [0.717, 1.165) is 29.7 Å². The highest BCUT2D eigenvalue weighted by atomic mass is 16.5. The Morgan fingerprint density at radius 3 is 2.61 bits per heavy atom. The van der Waals surface area contributed by atoms with E-state index in [9.17, 15) is 14.7 Å². The summed E-state index contributed by atoms with van der Waals surface area (Å²) in [5.41, 5.74) is 3.32. The molecule has 1 aromatic heterocycles. The van der Waals surface area contributed by atoms with Crippen LogP contribution in [0, 0.1) is 13.8 Å². The molecule has 1 atom stereocenters. The molecule has 0 aliphatic heterocycles. The van der Waals surface area contributed by atoms with Crippen molar-refractivity contribution in [2.75, 3.05) is 0 Å². The Morgan fingerprint density at radius 1 is 1.26 bits per heavy atom. The Kier molecular flexibility index (Phi) is 3.90. The summed E-state index contributed by atoms with van der Waals surface area (Å²) in [5.74, 6) is -1.28. The number of aryl methyl sites for hydroxylation is 2. The molecule has 0 saturated heterocycles. The molecular weight excluding hydrogens is 296 g/mol. The lowest BCUT2D eigenvalue weighted by Gasteiger charge is -2.15.